The average Bonchev–Trinajstić information content (AvgIpc) is 2.25. The summed E-state index contributed by atoms with van der Waals surface area (Å²) >= 11 is 17.0. The van der Waals surface area contributed by atoms with Crippen molar-refractivity contribution in [1.82, 2.24) is 10.6 Å². The zero-order valence-corrected chi connectivity index (χ0v) is 10.8. The Bertz CT molecular complexity index is 354. The van der Waals surface area contributed by atoms with Gasteiger partial charge in [0, 0.05) is 28.7 Å². The van der Waals surface area contributed by atoms with Crippen LogP contribution < -0.4 is 10.6 Å². The SMILES string of the molecule is OCCNC(=S)NCc1c(Cl)cccc1Cl. The van der Waals surface area contributed by atoms with Crippen molar-refractivity contribution in [3.05, 3.63) is 33.8 Å². The highest BCUT2D eigenvalue weighted by atomic mass is 35.5. The van der Waals surface area contributed by atoms with Crippen molar-refractivity contribution in [3.8, 4) is 0 Å². The van der Waals surface area contributed by atoms with Gasteiger partial charge in [0.2, 0.25) is 0 Å². The molecule has 16 heavy (non-hydrogen) atoms. The first-order valence-electron chi connectivity index (χ1n) is 4.70. The Kier molecular flexibility index (Phi) is 5.84. The highest BCUT2D eigenvalue weighted by molar-refractivity contribution is 7.80. The summed E-state index contributed by atoms with van der Waals surface area (Å²) < 4.78 is 0. The lowest BCUT2D eigenvalue weighted by molar-refractivity contribution is 0.300. The number of halogens is 2. The van der Waals surface area contributed by atoms with E-state index in [0.29, 0.717) is 28.2 Å². The predicted molar refractivity (Wildman–Crippen MR) is 71.0 cm³/mol. The van der Waals surface area contributed by atoms with Crippen molar-refractivity contribution in [1.29, 1.82) is 0 Å². The Morgan fingerprint density at radius 3 is 2.44 bits per heavy atom. The second-order valence-corrected chi connectivity index (χ2v) is 4.26. The van der Waals surface area contributed by atoms with Crippen LogP contribution in [0.3, 0.4) is 0 Å². The first-order chi connectivity index (χ1) is 7.65. The fraction of sp³-hybridized carbons (Fsp3) is 0.300. The van der Waals surface area contributed by atoms with E-state index < -0.39 is 0 Å². The Morgan fingerprint density at radius 2 is 1.88 bits per heavy atom. The molecule has 0 heterocycles. The van der Waals surface area contributed by atoms with Gasteiger partial charge in [-0.1, -0.05) is 29.3 Å². The van der Waals surface area contributed by atoms with E-state index >= 15 is 0 Å². The van der Waals surface area contributed by atoms with Crippen molar-refractivity contribution in [3.63, 3.8) is 0 Å². The number of hydrogen-bond acceptors (Lipinski definition) is 2. The largest absolute Gasteiger partial charge is 0.395 e. The number of thiocarbonyl (C=S) groups is 1. The number of aliphatic hydroxyl groups excluding tert-OH is 1. The maximum absolute atomic E-state index is 8.60. The maximum atomic E-state index is 8.60. The molecule has 1 aromatic carbocycles. The topological polar surface area (TPSA) is 44.3 Å². The van der Waals surface area contributed by atoms with E-state index in [1.165, 1.54) is 0 Å². The average molecular weight is 279 g/mol. The van der Waals surface area contributed by atoms with Crippen LogP contribution in [-0.4, -0.2) is 23.4 Å². The summed E-state index contributed by atoms with van der Waals surface area (Å²) in [6.45, 7) is 0.909. The maximum Gasteiger partial charge on any atom is 0.166 e. The van der Waals surface area contributed by atoms with Crippen LogP contribution in [0.25, 0.3) is 0 Å². The minimum atomic E-state index is 0.0364. The second kappa shape index (κ2) is 6.91. The smallest absolute Gasteiger partial charge is 0.166 e. The molecule has 3 nitrogen and oxygen atoms in total. The van der Waals surface area contributed by atoms with Gasteiger partial charge in [0.1, 0.15) is 0 Å². The molecule has 88 valence electrons. The lowest BCUT2D eigenvalue weighted by Gasteiger charge is -2.11. The molecule has 0 atom stereocenters. The molecule has 1 aromatic rings. The molecular formula is C10H12Cl2N2OS. The predicted octanol–water partition coefficient (Wildman–Crippen LogP) is 1.95. The Balaban J connectivity index is 2.51. The lowest BCUT2D eigenvalue weighted by atomic mass is 10.2. The van der Waals surface area contributed by atoms with Gasteiger partial charge in [0.25, 0.3) is 0 Å². The molecule has 0 fully saturated rings. The highest BCUT2D eigenvalue weighted by Crippen LogP contribution is 2.23. The fourth-order valence-corrected chi connectivity index (χ4v) is 1.81. The molecule has 0 aliphatic carbocycles. The monoisotopic (exact) mass is 278 g/mol. The van der Waals surface area contributed by atoms with Crippen LogP contribution in [-0.2, 0) is 6.54 Å². The summed E-state index contributed by atoms with van der Waals surface area (Å²) in [5.74, 6) is 0. The van der Waals surface area contributed by atoms with Gasteiger partial charge >= 0.3 is 0 Å². The Labute approximate surface area is 110 Å². The molecule has 0 aromatic heterocycles. The van der Waals surface area contributed by atoms with E-state index in [2.05, 4.69) is 10.6 Å². The summed E-state index contributed by atoms with van der Waals surface area (Å²) in [5, 5.41) is 16.0. The molecule has 6 heteroatoms. The van der Waals surface area contributed by atoms with E-state index in [1.807, 2.05) is 0 Å². The Hall–Kier alpha value is -0.550. The molecule has 0 unspecified atom stereocenters. The van der Waals surface area contributed by atoms with E-state index in [-0.39, 0.29) is 6.61 Å². The zero-order valence-electron chi connectivity index (χ0n) is 8.46. The van der Waals surface area contributed by atoms with Crippen molar-refractivity contribution < 1.29 is 5.11 Å². The minimum Gasteiger partial charge on any atom is -0.395 e. The third-order valence-corrected chi connectivity index (χ3v) is 2.88. The molecule has 0 aliphatic rings. The van der Waals surface area contributed by atoms with Crippen LogP contribution in [0.15, 0.2) is 18.2 Å². The fourth-order valence-electron chi connectivity index (χ4n) is 1.10. The van der Waals surface area contributed by atoms with Crippen LogP contribution in [0, 0.1) is 0 Å². The quantitative estimate of drug-likeness (QED) is 0.737. The molecule has 0 aliphatic heterocycles. The molecule has 3 N–H and O–H groups in total. The Morgan fingerprint density at radius 1 is 1.25 bits per heavy atom. The molecular weight excluding hydrogens is 267 g/mol. The van der Waals surface area contributed by atoms with Crippen LogP contribution >= 0.6 is 35.4 Å². The minimum absolute atomic E-state index is 0.0364. The van der Waals surface area contributed by atoms with Gasteiger partial charge in [0.05, 0.1) is 6.61 Å². The van der Waals surface area contributed by atoms with Crippen molar-refractivity contribution >= 4 is 40.5 Å². The first kappa shape index (κ1) is 13.5. The summed E-state index contributed by atoms with van der Waals surface area (Å²) in [6, 6.07) is 5.33. The lowest BCUT2D eigenvalue weighted by Crippen LogP contribution is -2.36. The number of aliphatic hydroxyl groups is 1. The number of rotatable bonds is 4. The van der Waals surface area contributed by atoms with Gasteiger partial charge in [0.15, 0.2) is 5.11 Å². The summed E-state index contributed by atoms with van der Waals surface area (Å²) in [5.41, 5.74) is 0.805. The standard InChI is InChI=1S/C10H12Cl2N2OS/c11-8-2-1-3-9(12)7(8)6-14-10(16)13-4-5-15/h1-3,15H,4-6H2,(H2,13,14,16). The molecule has 0 spiro atoms. The van der Waals surface area contributed by atoms with Crippen molar-refractivity contribution in [2.45, 2.75) is 6.54 Å². The molecule has 0 amide bonds. The third kappa shape index (κ3) is 4.14. The van der Waals surface area contributed by atoms with Crippen LogP contribution in [0.1, 0.15) is 5.56 Å². The van der Waals surface area contributed by atoms with Gasteiger partial charge in [-0.2, -0.15) is 0 Å². The van der Waals surface area contributed by atoms with Gasteiger partial charge in [-0.3, -0.25) is 0 Å². The highest BCUT2D eigenvalue weighted by Gasteiger charge is 2.05. The van der Waals surface area contributed by atoms with Crippen LogP contribution in [0.5, 0.6) is 0 Å². The zero-order chi connectivity index (χ0) is 12.0. The summed E-state index contributed by atoms with van der Waals surface area (Å²) in [7, 11) is 0. The summed E-state index contributed by atoms with van der Waals surface area (Å²) in [4.78, 5) is 0. The molecule has 0 bridgehead atoms. The third-order valence-electron chi connectivity index (χ3n) is 1.88. The number of hydrogen-bond donors (Lipinski definition) is 3. The van der Waals surface area contributed by atoms with E-state index in [4.69, 9.17) is 40.5 Å². The summed E-state index contributed by atoms with van der Waals surface area (Å²) in [6.07, 6.45) is 0. The van der Waals surface area contributed by atoms with E-state index in [1.54, 1.807) is 18.2 Å². The van der Waals surface area contributed by atoms with Crippen LogP contribution in [0.2, 0.25) is 10.0 Å². The van der Waals surface area contributed by atoms with Crippen LogP contribution in [0.4, 0.5) is 0 Å². The van der Waals surface area contributed by atoms with Gasteiger partial charge in [-0.05, 0) is 24.4 Å². The molecule has 0 radical (unpaired) electrons. The molecule has 0 saturated carbocycles. The van der Waals surface area contributed by atoms with Gasteiger partial charge < -0.3 is 15.7 Å². The normalized spacial score (nSPS) is 9.94. The number of benzene rings is 1. The van der Waals surface area contributed by atoms with E-state index in [0.717, 1.165) is 5.56 Å². The van der Waals surface area contributed by atoms with Crippen molar-refractivity contribution in [2.75, 3.05) is 13.2 Å². The molecule has 1 rings (SSSR count). The van der Waals surface area contributed by atoms with E-state index in [9.17, 15) is 0 Å². The first-order valence-corrected chi connectivity index (χ1v) is 5.87. The van der Waals surface area contributed by atoms with Gasteiger partial charge in [-0.25, -0.2) is 0 Å². The van der Waals surface area contributed by atoms with Crippen molar-refractivity contribution in [2.24, 2.45) is 0 Å². The second-order valence-electron chi connectivity index (χ2n) is 3.03. The number of nitrogens with one attached hydrogen (secondary N) is 2. The molecule has 0 saturated heterocycles. The van der Waals surface area contributed by atoms with Gasteiger partial charge in [-0.15, -0.1) is 0 Å².